The molecule has 0 bridgehead atoms. The predicted octanol–water partition coefficient (Wildman–Crippen LogP) is 2.73. The normalized spacial score (nSPS) is 18.6. The molecule has 2 N–H and O–H groups in total. The SMILES string of the molecule is CCCn1cc(C(NC2CCCCCC2)C(=O)O)cn1. The molecule has 0 spiro atoms. The summed E-state index contributed by atoms with van der Waals surface area (Å²) in [6.45, 7) is 2.91. The number of aryl methyl sites for hydroxylation is 1. The Morgan fingerprint density at radius 3 is 2.75 bits per heavy atom. The zero-order chi connectivity index (χ0) is 14.4. The molecule has 1 unspecified atom stereocenters. The first-order valence-electron chi connectivity index (χ1n) is 7.72. The van der Waals surface area contributed by atoms with Crippen molar-refractivity contribution in [3.63, 3.8) is 0 Å². The summed E-state index contributed by atoms with van der Waals surface area (Å²) in [6.07, 6.45) is 11.6. The van der Waals surface area contributed by atoms with Gasteiger partial charge < -0.3 is 5.11 Å². The van der Waals surface area contributed by atoms with Crippen LogP contribution < -0.4 is 5.32 Å². The van der Waals surface area contributed by atoms with E-state index in [-0.39, 0.29) is 0 Å². The van der Waals surface area contributed by atoms with Gasteiger partial charge in [-0.15, -0.1) is 0 Å². The van der Waals surface area contributed by atoms with Crippen LogP contribution in [-0.2, 0) is 11.3 Å². The number of aliphatic carboxylic acids is 1. The lowest BCUT2D eigenvalue weighted by molar-refractivity contribution is -0.140. The molecule has 1 heterocycles. The zero-order valence-corrected chi connectivity index (χ0v) is 12.2. The minimum absolute atomic E-state index is 0.313. The van der Waals surface area contributed by atoms with E-state index in [0.29, 0.717) is 6.04 Å². The molecule has 1 fully saturated rings. The maximum absolute atomic E-state index is 11.5. The summed E-state index contributed by atoms with van der Waals surface area (Å²) >= 11 is 0. The number of nitrogens with one attached hydrogen (secondary N) is 1. The Bertz CT molecular complexity index is 423. The molecule has 1 aliphatic carbocycles. The number of nitrogens with zero attached hydrogens (tertiary/aromatic N) is 2. The monoisotopic (exact) mass is 279 g/mol. The fourth-order valence-corrected chi connectivity index (χ4v) is 2.87. The van der Waals surface area contributed by atoms with Gasteiger partial charge in [-0.05, 0) is 19.3 Å². The van der Waals surface area contributed by atoms with Gasteiger partial charge in [-0.25, -0.2) is 0 Å². The highest BCUT2D eigenvalue weighted by atomic mass is 16.4. The van der Waals surface area contributed by atoms with Crippen LogP contribution in [-0.4, -0.2) is 26.9 Å². The van der Waals surface area contributed by atoms with E-state index in [2.05, 4.69) is 17.3 Å². The van der Waals surface area contributed by atoms with Gasteiger partial charge in [-0.1, -0.05) is 32.6 Å². The van der Waals surface area contributed by atoms with Crippen molar-refractivity contribution in [2.45, 2.75) is 70.5 Å². The maximum atomic E-state index is 11.5. The Morgan fingerprint density at radius 1 is 1.45 bits per heavy atom. The number of carboxylic acid groups (broad SMARTS) is 1. The van der Waals surface area contributed by atoms with Gasteiger partial charge in [0, 0.05) is 24.3 Å². The lowest BCUT2D eigenvalue weighted by atomic mass is 10.1. The molecule has 0 amide bonds. The Hall–Kier alpha value is -1.36. The molecule has 1 aliphatic rings. The molecule has 1 aromatic heterocycles. The lowest BCUT2D eigenvalue weighted by Crippen LogP contribution is -2.36. The summed E-state index contributed by atoms with van der Waals surface area (Å²) < 4.78 is 1.82. The maximum Gasteiger partial charge on any atom is 0.325 e. The molecule has 20 heavy (non-hydrogen) atoms. The minimum Gasteiger partial charge on any atom is -0.480 e. The fraction of sp³-hybridized carbons (Fsp3) is 0.733. The van der Waals surface area contributed by atoms with Crippen LogP contribution in [0, 0.1) is 0 Å². The Balaban J connectivity index is 2.03. The Morgan fingerprint density at radius 2 is 2.15 bits per heavy atom. The van der Waals surface area contributed by atoms with E-state index in [4.69, 9.17) is 0 Å². The number of rotatable bonds is 6. The summed E-state index contributed by atoms with van der Waals surface area (Å²) in [4.78, 5) is 11.5. The molecule has 0 aromatic carbocycles. The summed E-state index contributed by atoms with van der Waals surface area (Å²) in [6, 6.07) is -0.322. The predicted molar refractivity (Wildman–Crippen MR) is 77.5 cm³/mol. The van der Waals surface area contributed by atoms with Gasteiger partial charge in [0.2, 0.25) is 0 Å². The van der Waals surface area contributed by atoms with Crippen LogP contribution >= 0.6 is 0 Å². The topological polar surface area (TPSA) is 67.2 Å². The van der Waals surface area contributed by atoms with Crippen molar-refractivity contribution >= 4 is 5.97 Å². The van der Waals surface area contributed by atoms with Crippen molar-refractivity contribution in [2.75, 3.05) is 0 Å². The molecule has 5 nitrogen and oxygen atoms in total. The largest absolute Gasteiger partial charge is 0.480 e. The molecule has 5 heteroatoms. The first-order valence-corrected chi connectivity index (χ1v) is 7.72. The highest BCUT2D eigenvalue weighted by Crippen LogP contribution is 2.21. The molecule has 0 saturated heterocycles. The first-order chi connectivity index (χ1) is 9.70. The van der Waals surface area contributed by atoms with Crippen molar-refractivity contribution in [1.29, 1.82) is 0 Å². The van der Waals surface area contributed by atoms with E-state index in [1.807, 2.05) is 10.9 Å². The molecule has 1 saturated carbocycles. The van der Waals surface area contributed by atoms with Gasteiger partial charge in [0.25, 0.3) is 0 Å². The standard InChI is InChI=1S/C15H25N3O2/c1-2-9-18-11-12(10-16-18)14(15(19)20)17-13-7-5-3-4-6-8-13/h10-11,13-14,17H,2-9H2,1H3,(H,19,20). The van der Waals surface area contributed by atoms with Crippen LogP contribution in [0.5, 0.6) is 0 Å². The molecule has 1 atom stereocenters. The molecule has 0 radical (unpaired) electrons. The van der Waals surface area contributed by atoms with E-state index in [0.717, 1.165) is 31.4 Å². The summed E-state index contributed by atoms with van der Waals surface area (Å²) in [5, 5.41) is 17.0. The second kappa shape index (κ2) is 7.43. The highest BCUT2D eigenvalue weighted by Gasteiger charge is 2.25. The van der Waals surface area contributed by atoms with Gasteiger partial charge in [0.1, 0.15) is 6.04 Å². The molecule has 2 rings (SSSR count). The van der Waals surface area contributed by atoms with Crippen molar-refractivity contribution in [1.82, 2.24) is 15.1 Å². The molecular formula is C15H25N3O2. The van der Waals surface area contributed by atoms with Crippen molar-refractivity contribution < 1.29 is 9.90 Å². The van der Waals surface area contributed by atoms with Gasteiger partial charge in [0.05, 0.1) is 6.20 Å². The lowest BCUT2D eigenvalue weighted by Gasteiger charge is -2.21. The van der Waals surface area contributed by atoms with Gasteiger partial charge in [-0.3, -0.25) is 14.8 Å². The average Bonchev–Trinajstić information content (AvgIpc) is 2.72. The third kappa shape index (κ3) is 4.07. The van der Waals surface area contributed by atoms with Crippen LogP contribution in [0.15, 0.2) is 12.4 Å². The summed E-state index contributed by atoms with van der Waals surface area (Å²) in [5.74, 6) is -0.815. The fourth-order valence-electron chi connectivity index (χ4n) is 2.87. The van der Waals surface area contributed by atoms with E-state index >= 15 is 0 Å². The highest BCUT2D eigenvalue weighted by molar-refractivity contribution is 5.75. The van der Waals surface area contributed by atoms with E-state index in [1.165, 1.54) is 25.7 Å². The Kier molecular flexibility index (Phi) is 5.59. The summed E-state index contributed by atoms with van der Waals surface area (Å²) in [7, 11) is 0. The number of carbonyl (C=O) groups is 1. The third-order valence-electron chi connectivity index (χ3n) is 3.94. The molecule has 0 aliphatic heterocycles. The number of carboxylic acids is 1. The quantitative estimate of drug-likeness (QED) is 0.786. The van der Waals surface area contributed by atoms with Crippen LogP contribution in [0.2, 0.25) is 0 Å². The second-order valence-corrected chi connectivity index (χ2v) is 5.66. The van der Waals surface area contributed by atoms with Gasteiger partial charge in [-0.2, -0.15) is 5.10 Å². The zero-order valence-electron chi connectivity index (χ0n) is 12.2. The number of hydrogen-bond donors (Lipinski definition) is 2. The van der Waals surface area contributed by atoms with Crippen molar-refractivity contribution in [2.24, 2.45) is 0 Å². The van der Waals surface area contributed by atoms with E-state index in [9.17, 15) is 9.90 Å². The van der Waals surface area contributed by atoms with Crippen LogP contribution in [0.25, 0.3) is 0 Å². The molecule has 112 valence electrons. The van der Waals surface area contributed by atoms with Crippen LogP contribution in [0.3, 0.4) is 0 Å². The average molecular weight is 279 g/mol. The van der Waals surface area contributed by atoms with Crippen LogP contribution in [0.1, 0.15) is 63.5 Å². The minimum atomic E-state index is -0.815. The van der Waals surface area contributed by atoms with Gasteiger partial charge >= 0.3 is 5.97 Å². The molecule has 1 aromatic rings. The first kappa shape index (κ1) is 15.0. The smallest absolute Gasteiger partial charge is 0.325 e. The van der Waals surface area contributed by atoms with Crippen LogP contribution in [0.4, 0.5) is 0 Å². The molecular weight excluding hydrogens is 254 g/mol. The van der Waals surface area contributed by atoms with Crippen molar-refractivity contribution in [3.05, 3.63) is 18.0 Å². The number of hydrogen-bond acceptors (Lipinski definition) is 3. The summed E-state index contributed by atoms with van der Waals surface area (Å²) in [5.41, 5.74) is 0.759. The van der Waals surface area contributed by atoms with E-state index < -0.39 is 12.0 Å². The Labute approximate surface area is 120 Å². The van der Waals surface area contributed by atoms with Crippen molar-refractivity contribution in [3.8, 4) is 0 Å². The third-order valence-corrected chi connectivity index (χ3v) is 3.94. The second-order valence-electron chi connectivity index (χ2n) is 5.66. The van der Waals surface area contributed by atoms with Gasteiger partial charge in [0.15, 0.2) is 0 Å². The van der Waals surface area contributed by atoms with E-state index in [1.54, 1.807) is 6.20 Å². The number of aromatic nitrogens is 2.